The van der Waals surface area contributed by atoms with Crippen LogP contribution in [0.15, 0.2) is 29.1 Å². The monoisotopic (exact) mass is 340 g/mol. The van der Waals surface area contributed by atoms with Crippen LogP contribution in [0.5, 0.6) is 0 Å². The molecule has 3 heterocycles. The van der Waals surface area contributed by atoms with Crippen molar-refractivity contribution in [1.29, 1.82) is 0 Å². The predicted octanol–water partition coefficient (Wildman–Crippen LogP) is 1.15. The van der Waals surface area contributed by atoms with Crippen LogP contribution in [0.2, 0.25) is 0 Å². The zero-order chi connectivity index (χ0) is 17.4. The minimum atomic E-state index is -0.308. The molecule has 2 saturated heterocycles. The van der Waals surface area contributed by atoms with Gasteiger partial charge in [0.25, 0.3) is 11.5 Å². The fourth-order valence-corrected chi connectivity index (χ4v) is 3.79. The minimum absolute atomic E-state index is 0.0668. The van der Waals surface area contributed by atoms with Crippen molar-refractivity contribution in [2.75, 3.05) is 19.6 Å². The fraction of sp³-hybridized carbons (Fsp3) is 0.444. The molecule has 0 saturated carbocycles. The molecule has 2 aliphatic rings. The largest absolute Gasteiger partial charge is 0.338 e. The first-order valence-corrected chi connectivity index (χ1v) is 8.71. The number of piperidine rings is 1. The van der Waals surface area contributed by atoms with Crippen molar-refractivity contribution in [3.05, 3.63) is 40.4 Å². The summed E-state index contributed by atoms with van der Waals surface area (Å²) in [4.78, 5) is 47.5. The Morgan fingerprint density at radius 2 is 2.00 bits per heavy atom. The van der Waals surface area contributed by atoms with E-state index in [4.69, 9.17) is 0 Å². The van der Waals surface area contributed by atoms with E-state index in [0.29, 0.717) is 30.4 Å². The number of benzene rings is 1. The van der Waals surface area contributed by atoms with Gasteiger partial charge in [0, 0.05) is 32.1 Å². The third-order valence-electron chi connectivity index (χ3n) is 5.05. The number of H-pyrrole nitrogens is 1. The summed E-state index contributed by atoms with van der Waals surface area (Å²) in [5, 5.41) is 0.471. The Labute approximate surface area is 144 Å². The van der Waals surface area contributed by atoms with E-state index in [1.165, 1.54) is 0 Å². The lowest BCUT2D eigenvalue weighted by atomic mass is 10.0. The lowest BCUT2D eigenvalue weighted by molar-refractivity contribution is -0.130. The molecule has 2 fully saturated rings. The lowest BCUT2D eigenvalue weighted by Crippen LogP contribution is -2.50. The van der Waals surface area contributed by atoms with Gasteiger partial charge >= 0.3 is 0 Å². The first kappa shape index (κ1) is 15.8. The predicted molar refractivity (Wildman–Crippen MR) is 92.2 cm³/mol. The Bertz CT molecular complexity index is 891. The molecular formula is C18H20N4O3. The van der Waals surface area contributed by atoms with Crippen LogP contribution in [-0.2, 0) is 4.79 Å². The number of para-hydroxylation sites is 1. The topological polar surface area (TPSA) is 86.4 Å². The van der Waals surface area contributed by atoms with Gasteiger partial charge in [-0.05, 0) is 31.4 Å². The normalized spacial score (nSPS) is 21.1. The molecule has 0 spiro atoms. The van der Waals surface area contributed by atoms with Crippen molar-refractivity contribution in [1.82, 2.24) is 19.8 Å². The molecule has 2 aliphatic heterocycles. The number of aromatic amines is 1. The van der Waals surface area contributed by atoms with Crippen LogP contribution >= 0.6 is 0 Å². The van der Waals surface area contributed by atoms with Gasteiger partial charge in [0.1, 0.15) is 0 Å². The van der Waals surface area contributed by atoms with Gasteiger partial charge in [0.05, 0.1) is 10.9 Å². The summed E-state index contributed by atoms with van der Waals surface area (Å²) < 4.78 is 0. The summed E-state index contributed by atoms with van der Waals surface area (Å²) in [5.74, 6) is -0.0344. The number of carbonyl (C=O) groups is 2. The van der Waals surface area contributed by atoms with Crippen LogP contribution in [-0.4, -0.2) is 57.3 Å². The van der Waals surface area contributed by atoms with Crippen LogP contribution < -0.4 is 5.56 Å². The molecular weight excluding hydrogens is 320 g/mol. The Morgan fingerprint density at radius 3 is 2.80 bits per heavy atom. The van der Waals surface area contributed by atoms with Crippen molar-refractivity contribution in [2.45, 2.75) is 31.7 Å². The number of amides is 2. The molecule has 7 nitrogen and oxygen atoms in total. The van der Waals surface area contributed by atoms with Crippen LogP contribution in [0.1, 0.15) is 36.3 Å². The Morgan fingerprint density at radius 1 is 1.16 bits per heavy atom. The first-order valence-electron chi connectivity index (χ1n) is 8.71. The van der Waals surface area contributed by atoms with E-state index < -0.39 is 0 Å². The average Bonchev–Trinajstić information content (AvgIpc) is 3.07. The van der Waals surface area contributed by atoms with Crippen LogP contribution in [0, 0.1) is 0 Å². The van der Waals surface area contributed by atoms with Crippen LogP contribution in [0.3, 0.4) is 0 Å². The highest BCUT2D eigenvalue weighted by atomic mass is 16.2. The maximum Gasteiger partial charge on any atom is 0.289 e. The number of aromatic nitrogens is 2. The number of rotatable bonds is 2. The Kier molecular flexibility index (Phi) is 3.99. The highest BCUT2D eigenvalue weighted by molar-refractivity contribution is 5.92. The second kappa shape index (κ2) is 6.31. The van der Waals surface area contributed by atoms with E-state index in [2.05, 4.69) is 9.97 Å². The highest BCUT2D eigenvalue weighted by Gasteiger charge is 2.33. The quantitative estimate of drug-likeness (QED) is 0.888. The highest BCUT2D eigenvalue weighted by Crippen LogP contribution is 2.22. The SMILES string of the molecule is O=C(c1nc2ccccc2c(=O)[nH]1)N1CCCC(N2CCCC2=O)C1. The van der Waals surface area contributed by atoms with Gasteiger partial charge in [0.2, 0.25) is 5.91 Å². The molecule has 0 bridgehead atoms. The fourth-order valence-electron chi connectivity index (χ4n) is 3.79. The van der Waals surface area contributed by atoms with Crippen molar-refractivity contribution in [3.63, 3.8) is 0 Å². The minimum Gasteiger partial charge on any atom is -0.338 e. The lowest BCUT2D eigenvalue weighted by Gasteiger charge is -2.37. The number of carbonyl (C=O) groups excluding carboxylic acids is 2. The van der Waals surface area contributed by atoms with Crippen molar-refractivity contribution < 1.29 is 9.59 Å². The number of hydrogen-bond acceptors (Lipinski definition) is 4. The molecule has 0 radical (unpaired) electrons. The molecule has 7 heteroatoms. The van der Waals surface area contributed by atoms with Crippen LogP contribution in [0.25, 0.3) is 10.9 Å². The van der Waals surface area contributed by atoms with E-state index in [1.54, 1.807) is 29.2 Å². The summed E-state index contributed by atoms with van der Waals surface area (Å²) in [6.07, 6.45) is 3.25. The summed E-state index contributed by atoms with van der Waals surface area (Å²) in [7, 11) is 0. The summed E-state index contributed by atoms with van der Waals surface area (Å²) in [6.45, 7) is 1.89. The molecule has 1 aromatic heterocycles. The van der Waals surface area contributed by atoms with E-state index in [9.17, 15) is 14.4 Å². The van der Waals surface area contributed by atoms with Crippen molar-refractivity contribution >= 4 is 22.7 Å². The Hall–Kier alpha value is -2.70. The van der Waals surface area contributed by atoms with Crippen molar-refractivity contribution in [2.24, 2.45) is 0 Å². The maximum absolute atomic E-state index is 12.8. The van der Waals surface area contributed by atoms with Gasteiger partial charge in [-0.3, -0.25) is 14.4 Å². The number of hydrogen-bond donors (Lipinski definition) is 1. The number of nitrogens with zero attached hydrogens (tertiary/aromatic N) is 3. The van der Waals surface area contributed by atoms with E-state index in [1.807, 2.05) is 4.90 Å². The number of fused-ring (bicyclic) bond motifs is 1. The van der Waals surface area contributed by atoms with Gasteiger partial charge in [-0.15, -0.1) is 0 Å². The zero-order valence-electron chi connectivity index (χ0n) is 13.9. The van der Waals surface area contributed by atoms with Gasteiger partial charge in [-0.1, -0.05) is 12.1 Å². The molecule has 1 atom stereocenters. The summed E-state index contributed by atoms with van der Waals surface area (Å²) in [6, 6.07) is 7.04. The van der Waals surface area contributed by atoms with E-state index >= 15 is 0 Å². The Balaban J connectivity index is 1.58. The molecule has 1 unspecified atom stereocenters. The summed E-state index contributed by atoms with van der Waals surface area (Å²) in [5.41, 5.74) is 0.204. The third kappa shape index (κ3) is 2.90. The first-order chi connectivity index (χ1) is 12.1. The third-order valence-corrected chi connectivity index (χ3v) is 5.05. The van der Waals surface area contributed by atoms with Crippen molar-refractivity contribution in [3.8, 4) is 0 Å². The number of likely N-dealkylation sites (tertiary alicyclic amines) is 2. The molecule has 4 rings (SSSR count). The molecule has 130 valence electrons. The molecule has 1 aromatic carbocycles. The van der Waals surface area contributed by atoms with Crippen LogP contribution in [0.4, 0.5) is 0 Å². The second-order valence-corrected chi connectivity index (χ2v) is 6.67. The van der Waals surface area contributed by atoms with Gasteiger partial charge in [-0.2, -0.15) is 0 Å². The summed E-state index contributed by atoms with van der Waals surface area (Å²) >= 11 is 0. The standard InChI is InChI=1S/C18H20N4O3/c23-15-8-4-10-22(15)12-5-3-9-21(11-12)18(25)16-19-14-7-2-1-6-13(14)17(24)20-16/h1-2,6-7,12H,3-5,8-11H2,(H,19,20,24). The molecule has 1 N–H and O–H groups in total. The van der Waals surface area contributed by atoms with E-state index in [0.717, 1.165) is 25.8 Å². The second-order valence-electron chi connectivity index (χ2n) is 6.67. The smallest absolute Gasteiger partial charge is 0.289 e. The van der Waals surface area contributed by atoms with Gasteiger partial charge < -0.3 is 14.8 Å². The van der Waals surface area contributed by atoms with E-state index in [-0.39, 0.29) is 29.2 Å². The van der Waals surface area contributed by atoms with Gasteiger partial charge in [0.15, 0.2) is 5.82 Å². The molecule has 0 aliphatic carbocycles. The molecule has 25 heavy (non-hydrogen) atoms. The zero-order valence-corrected chi connectivity index (χ0v) is 13.9. The van der Waals surface area contributed by atoms with Gasteiger partial charge in [-0.25, -0.2) is 4.98 Å². The number of nitrogens with one attached hydrogen (secondary N) is 1. The molecule has 2 amide bonds. The maximum atomic E-state index is 12.8. The average molecular weight is 340 g/mol. The molecule has 2 aromatic rings.